The molecule has 2 N–H and O–H groups in total. The summed E-state index contributed by atoms with van der Waals surface area (Å²) in [6, 6.07) is 5.95. The van der Waals surface area contributed by atoms with Crippen molar-refractivity contribution >= 4 is 23.1 Å². The molecule has 0 aliphatic heterocycles. The Bertz CT molecular complexity index is 398. The fraction of sp³-hybridized carbons (Fsp3) is 0.0909. The van der Waals surface area contributed by atoms with Crippen molar-refractivity contribution in [3.05, 3.63) is 48.3 Å². The molecule has 0 radical (unpaired) electrons. The Balaban J connectivity index is 2.53. The first-order valence-corrected chi connectivity index (χ1v) is 5.56. The minimum atomic E-state index is -0.276. The first-order valence-electron chi connectivity index (χ1n) is 4.58. The highest BCUT2D eigenvalue weighted by Gasteiger charge is 1.90. The van der Waals surface area contributed by atoms with Gasteiger partial charge in [-0.3, -0.25) is 0 Å². The molecule has 16 heavy (non-hydrogen) atoms. The maximum atomic E-state index is 12.6. The molecule has 0 aliphatic carbocycles. The standard InChI is InChI=1S/C11H12FN3S/c1-2-7-16-11(13)15-14-8-9-3-5-10(12)6-4-9/h2-6,8H,1,7H2,(H2,13,15)/b14-8+. The van der Waals surface area contributed by atoms with E-state index in [2.05, 4.69) is 16.8 Å². The number of benzene rings is 1. The molecule has 84 valence electrons. The summed E-state index contributed by atoms with van der Waals surface area (Å²) in [4.78, 5) is 0. The highest BCUT2D eigenvalue weighted by molar-refractivity contribution is 8.13. The van der Waals surface area contributed by atoms with Crippen molar-refractivity contribution in [3.63, 3.8) is 0 Å². The second-order valence-corrected chi connectivity index (χ2v) is 3.87. The van der Waals surface area contributed by atoms with Crippen molar-refractivity contribution in [2.45, 2.75) is 0 Å². The third-order valence-electron chi connectivity index (χ3n) is 1.58. The van der Waals surface area contributed by atoms with Crippen molar-refractivity contribution in [2.24, 2.45) is 15.9 Å². The second kappa shape index (κ2) is 6.79. The molecular weight excluding hydrogens is 225 g/mol. The molecule has 0 spiro atoms. The van der Waals surface area contributed by atoms with Crippen LogP contribution in [0.5, 0.6) is 0 Å². The Hall–Kier alpha value is -1.62. The van der Waals surface area contributed by atoms with Gasteiger partial charge < -0.3 is 5.73 Å². The molecule has 0 saturated carbocycles. The summed E-state index contributed by atoms with van der Waals surface area (Å²) >= 11 is 1.35. The van der Waals surface area contributed by atoms with E-state index in [1.807, 2.05) is 0 Å². The molecule has 0 saturated heterocycles. The minimum absolute atomic E-state index is 0.276. The van der Waals surface area contributed by atoms with Crippen LogP contribution in [0.1, 0.15) is 5.56 Å². The lowest BCUT2D eigenvalue weighted by molar-refractivity contribution is 0.628. The van der Waals surface area contributed by atoms with Crippen molar-refractivity contribution in [1.82, 2.24) is 0 Å². The first-order chi connectivity index (χ1) is 7.72. The molecular formula is C11H12FN3S. The van der Waals surface area contributed by atoms with Gasteiger partial charge in [0.2, 0.25) is 0 Å². The van der Waals surface area contributed by atoms with Crippen molar-refractivity contribution < 1.29 is 4.39 Å². The predicted molar refractivity (Wildman–Crippen MR) is 68.3 cm³/mol. The van der Waals surface area contributed by atoms with Gasteiger partial charge in [0.05, 0.1) is 6.21 Å². The number of thioether (sulfide) groups is 1. The topological polar surface area (TPSA) is 50.7 Å². The highest BCUT2D eigenvalue weighted by Crippen LogP contribution is 2.01. The van der Waals surface area contributed by atoms with Gasteiger partial charge in [0, 0.05) is 5.75 Å². The summed E-state index contributed by atoms with van der Waals surface area (Å²) in [5.41, 5.74) is 6.31. The summed E-state index contributed by atoms with van der Waals surface area (Å²) in [7, 11) is 0. The van der Waals surface area contributed by atoms with Crippen LogP contribution in [0.25, 0.3) is 0 Å². The van der Waals surface area contributed by atoms with Crippen LogP contribution in [-0.2, 0) is 0 Å². The number of nitrogens with two attached hydrogens (primary N) is 1. The first kappa shape index (κ1) is 12.4. The summed E-state index contributed by atoms with van der Waals surface area (Å²) in [5.74, 6) is 0.420. The largest absolute Gasteiger partial charge is 0.377 e. The molecule has 3 nitrogen and oxygen atoms in total. The zero-order chi connectivity index (χ0) is 11.8. The van der Waals surface area contributed by atoms with E-state index in [-0.39, 0.29) is 5.82 Å². The van der Waals surface area contributed by atoms with Gasteiger partial charge in [-0.1, -0.05) is 30.0 Å². The zero-order valence-corrected chi connectivity index (χ0v) is 9.45. The Morgan fingerprint density at radius 3 is 2.75 bits per heavy atom. The number of amidine groups is 1. The fourth-order valence-electron chi connectivity index (χ4n) is 0.874. The Morgan fingerprint density at radius 2 is 2.12 bits per heavy atom. The quantitative estimate of drug-likeness (QED) is 0.378. The zero-order valence-electron chi connectivity index (χ0n) is 8.64. The SMILES string of the molecule is C=CCS/C(N)=N\N=C\c1ccc(F)cc1. The molecule has 0 unspecified atom stereocenters. The molecule has 0 aliphatic rings. The molecule has 0 heterocycles. The van der Waals surface area contributed by atoms with E-state index < -0.39 is 0 Å². The lowest BCUT2D eigenvalue weighted by Crippen LogP contribution is -2.05. The molecule has 0 amide bonds. The van der Waals surface area contributed by atoms with Gasteiger partial charge in [0.15, 0.2) is 5.17 Å². The molecule has 1 aromatic rings. The second-order valence-electron chi connectivity index (χ2n) is 2.83. The van der Waals surface area contributed by atoms with Crippen molar-refractivity contribution in [3.8, 4) is 0 Å². The predicted octanol–water partition coefficient (Wildman–Crippen LogP) is 2.39. The van der Waals surface area contributed by atoms with Gasteiger partial charge in [0.25, 0.3) is 0 Å². The number of nitrogens with zero attached hydrogens (tertiary/aromatic N) is 2. The minimum Gasteiger partial charge on any atom is -0.377 e. The van der Waals surface area contributed by atoms with Crippen LogP contribution in [-0.4, -0.2) is 17.1 Å². The van der Waals surface area contributed by atoms with Crippen LogP contribution in [0.2, 0.25) is 0 Å². The smallest absolute Gasteiger partial charge is 0.180 e. The summed E-state index contributed by atoms with van der Waals surface area (Å²) in [6.45, 7) is 3.56. The summed E-state index contributed by atoms with van der Waals surface area (Å²) in [6.07, 6.45) is 3.25. The van der Waals surface area contributed by atoms with E-state index in [1.54, 1.807) is 18.2 Å². The van der Waals surface area contributed by atoms with Crippen LogP contribution in [0.4, 0.5) is 4.39 Å². The van der Waals surface area contributed by atoms with Gasteiger partial charge in [-0.25, -0.2) is 4.39 Å². The average Bonchev–Trinajstić information content (AvgIpc) is 2.29. The third-order valence-corrected chi connectivity index (χ3v) is 2.36. The van der Waals surface area contributed by atoms with Gasteiger partial charge in [-0.2, -0.15) is 5.10 Å². The van der Waals surface area contributed by atoms with E-state index in [9.17, 15) is 4.39 Å². The van der Waals surface area contributed by atoms with Crippen LogP contribution in [0.15, 0.2) is 47.1 Å². The maximum Gasteiger partial charge on any atom is 0.180 e. The third kappa shape index (κ3) is 4.75. The molecule has 1 rings (SSSR count). The fourth-order valence-corrected chi connectivity index (χ4v) is 1.27. The monoisotopic (exact) mass is 237 g/mol. The van der Waals surface area contributed by atoms with Gasteiger partial charge in [0.1, 0.15) is 5.82 Å². The maximum absolute atomic E-state index is 12.6. The lowest BCUT2D eigenvalue weighted by Gasteiger charge is -1.93. The summed E-state index contributed by atoms with van der Waals surface area (Å²) in [5, 5.41) is 7.92. The van der Waals surface area contributed by atoms with E-state index in [0.29, 0.717) is 10.9 Å². The Labute approximate surface area is 98.0 Å². The number of rotatable bonds is 4. The molecule has 0 atom stereocenters. The molecule has 1 aromatic carbocycles. The molecule has 5 heteroatoms. The molecule has 0 fully saturated rings. The van der Waals surface area contributed by atoms with E-state index in [4.69, 9.17) is 5.73 Å². The number of hydrogen-bond donors (Lipinski definition) is 1. The van der Waals surface area contributed by atoms with Crippen LogP contribution >= 0.6 is 11.8 Å². The van der Waals surface area contributed by atoms with Crippen molar-refractivity contribution in [2.75, 3.05) is 5.75 Å². The van der Waals surface area contributed by atoms with Gasteiger partial charge >= 0.3 is 0 Å². The molecule has 0 aromatic heterocycles. The van der Waals surface area contributed by atoms with E-state index in [0.717, 1.165) is 5.56 Å². The normalized spacial score (nSPS) is 11.9. The number of hydrogen-bond acceptors (Lipinski definition) is 3. The van der Waals surface area contributed by atoms with E-state index >= 15 is 0 Å². The average molecular weight is 237 g/mol. The Morgan fingerprint density at radius 1 is 1.44 bits per heavy atom. The highest BCUT2D eigenvalue weighted by atomic mass is 32.2. The van der Waals surface area contributed by atoms with Crippen LogP contribution < -0.4 is 5.73 Å². The van der Waals surface area contributed by atoms with E-state index in [1.165, 1.54) is 30.1 Å². The molecule has 0 bridgehead atoms. The summed E-state index contributed by atoms with van der Waals surface area (Å²) < 4.78 is 12.6. The number of halogens is 1. The van der Waals surface area contributed by atoms with Gasteiger partial charge in [-0.05, 0) is 17.7 Å². The van der Waals surface area contributed by atoms with Crippen LogP contribution in [0.3, 0.4) is 0 Å². The Kier molecular flexibility index (Phi) is 5.28. The van der Waals surface area contributed by atoms with Crippen LogP contribution in [0, 0.1) is 5.82 Å². The lowest BCUT2D eigenvalue weighted by atomic mass is 10.2. The van der Waals surface area contributed by atoms with Gasteiger partial charge in [-0.15, -0.1) is 11.7 Å². The van der Waals surface area contributed by atoms with Crippen molar-refractivity contribution in [1.29, 1.82) is 0 Å².